The number of pyridine rings is 2. The molecule has 0 atom stereocenters. The molecule has 0 saturated carbocycles. The summed E-state index contributed by atoms with van der Waals surface area (Å²) in [6.45, 7) is 0. The molecule has 7 heteroatoms. The summed E-state index contributed by atoms with van der Waals surface area (Å²) >= 11 is 0. The summed E-state index contributed by atoms with van der Waals surface area (Å²) in [5.74, 6) is 0. The summed E-state index contributed by atoms with van der Waals surface area (Å²) in [7, 11) is -2.50. The Morgan fingerprint density at radius 2 is 2.06 bits per heavy atom. The second kappa shape index (κ2) is 4.61. The van der Waals surface area contributed by atoms with Gasteiger partial charge in [0, 0.05) is 19.4 Å². The Morgan fingerprint density at radius 1 is 1.28 bits per heavy atom. The van der Waals surface area contributed by atoms with Crippen LogP contribution in [0.5, 0.6) is 0 Å². The lowest BCUT2D eigenvalue weighted by molar-refractivity contribution is 0.593. The van der Waals surface area contributed by atoms with Crippen molar-refractivity contribution in [3.05, 3.63) is 53.2 Å². The molecule has 2 aromatic heterocycles. The average Bonchev–Trinajstić information content (AvgIpc) is 2.39. The third-order valence-corrected chi connectivity index (χ3v) is 4.24. The molecule has 0 amide bonds. The highest BCUT2D eigenvalue weighted by Crippen LogP contribution is 2.17. The van der Waals surface area contributed by atoms with Gasteiger partial charge in [0.25, 0.3) is 15.6 Å². The first kappa shape index (κ1) is 12.3. The molecule has 0 aliphatic carbocycles. The van der Waals surface area contributed by atoms with Crippen LogP contribution in [0.4, 0.5) is 5.69 Å². The van der Waals surface area contributed by atoms with E-state index in [1.165, 1.54) is 31.6 Å². The van der Waals surface area contributed by atoms with Crippen molar-refractivity contribution in [1.29, 1.82) is 0 Å². The third-order valence-electron chi connectivity index (χ3n) is 2.43. The molecule has 2 rings (SSSR count). The molecular formula is C11H11N3O3S. The second-order valence-corrected chi connectivity index (χ2v) is 5.48. The molecule has 0 bridgehead atoms. The van der Waals surface area contributed by atoms with Gasteiger partial charge in [-0.3, -0.25) is 14.1 Å². The first-order chi connectivity index (χ1) is 8.53. The fourth-order valence-electron chi connectivity index (χ4n) is 1.44. The molecule has 0 fully saturated rings. The van der Waals surface area contributed by atoms with Crippen LogP contribution in [-0.4, -0.2) is 25.4 Å². The van der Waals surface area contributed by atoms with Gasteiger partial charge in [-0.1, -0.05) is 0 Å². The molecule has 0 unspecified atom stereocenters. The van der Waals surface area contributed by atoms with Gasteiger partial charge < -0.3 is 4.98 Å². The van der Waals surface area contributed by atoms with Crippen molar-refractivity contribution in [3.8, 4) is 0 Å². The van der Waals surface area contributed by atoms with Crippen molar-refractivity contribution >= 4 is 15.7 Å². The number of anilines is 1. The maximum atomic E-state index is 12.2. The molecule has 0 aliphatic heterocycles. The molecule has 2 heterocycles. The zero-order chi connectivity index (χ0) is 13.2. The Labute approximate surface area is 104 Å². The molecule has 0 aromatic carbocycles. The van der Waals surface area contributed by atoms with Crippen LogP contribution in [0.2, 0.25) is 0 Å². The van der Waals surface area contributed by atoms with Gasteiger partial charge in [-0.05, 0) is 24.3 Å². The molecule has 18 heavy (non-hydrogen) atoms. The third kappa shape index (κ3) is 2.12. The fraction of sp³-hybridized carbons (Fsp3) is 0.0909. The van der Waals surface area contributed by atoms with Gasteiger partial charge in [0.1, 0.15) is 0 Å². The molecule has 0 spiro atoms. The fourth-order valence-corrected chi connectivity index (χ4v) is 2.66. The van der Waals surface area contributed by atoms with Crippen LogP contribution in [0.15, 0.2) is 52.5 Å². The zero-order valence-electron chi connectivity index (χ0n) is 9.57. The molecule has 0 radical (unpaired) electrons. The van der Waals surface area contributed by atoms with E-state index in [9.17, 15) is 13.2 Å². The monoisotopic (exact) mass is 265 g/mol. The molecule has 94 valence electrons. The minimum Gasteiger partial charge on any atom is -0.328 e. The van der Waals surface area contributed by atoms with Crippen molar-refractivity contribution in [2.45, 2.75) is 4.90 Å². The van der Waals surface area contributed by atoms with Crippen LogP contribution in [0.3, 0.4) is 0 Å². The Kier molecular flexibility index (Phi) is 3.15. The standard InChI is InChI=1S/C11H11N3O3S/c1-14(9-4-2-6-12-8-9)18(16,17)10-5-3-7-13-11(10)15/h2-8H,1H3,(H,13,15). The SMILES string of the molecule is CN(c1cccnc1)S(=O)(=O)c1ccc[nH]c1=O. The van der Waals surface area contributed by atoms with Gasteiger partial charge in [0.05, 0.1) is 11.9 Å². The van der Waals surface area contributed by atoms with Crippen molar-refractivity contribution < 1.29 is 8.42 Å². The van der Waals surface area contributed by atoms with Gasteiger partial charge in [0.2, 0.25) is 0 Å². The van der Waals surface area contributed by atoms with Crippen molar-refractivity contribution in [3.63, 3.8) is 0 Å². The summed E-state index contributed by atoms with van der Waals surface area (Å²) in [5, 5.41) is 0. The molecule has 0 aliphatic rings. The lowest BCUT2D eigenvalue weighted by atomic mass is 10.4. The summed E-state index contributed by atoms with van der Waals surface area (Å²) in [6, 6.07) is 5.95. The van der Waals surface area contributed by atoms with Crippen molar-refractivity contribution in [2.75, 3.05) is 11.4 Å². The number of hydrogen-bond donors (Lipinski definition) is 1. The lowest BCUT2D eigenvalue weighted by Gasteiger charge is -2.18. The molecular weight excluding hydrogens is 254 g/mol. The highest BCUT2D eigenvalue weighted by Gasteiger charge is 2.24. The number of aromatic nitrogens is 2. The minimum atomic E-state index is -3.87. The van der Waals surface area contributed by atoms with Gasteiger partial charge in [-0.2, -0.15) is 0 Å². The van der Waals surface area contributed by atoms with Crippen LogP contribution in [0, 0.1) is 0 Å². The van der Waals surface area contributed by atoms with Crippen LogP contribution < -0.4 is 9.86 Å². The van der Waals surface area contributed by atoms with E-state index < -0.39 is 15.6 Å². The lowest BCUT2D eigenvalue weighted by Crippen LogP contribution is -2.31. The van der Waals surface area contributed by atoms with E-state index in [2.05, 4.69) is 9.97 Å². The summed E-state index contributed by atoms with van der Waals surface area (Å²) in [5.41, 5.74) is -0.256. The number of hydrogen-bond acceptors (Lipinski definition) is 4. The molecule has 0 saturated heterocycles. The predicted molar refractivity (Wildman–Crippen MR) is 66.9 cm³/mol. The smallest absolute Gasteiger partial charge is 0.269 e. The largest absolute Gasteiger partial charge is 0.328 e. The van der Waals surface area contributed by atoms with Crippen molar-refractivity contribution in [2.24, 2.45) is 0 Å². The van der Waals surface area contributed by atoms with Gasteiger partial charge >= 0.3 is 0 Å². The number of aromatic amines is 1. The Bertz CT molecular complexity index is 695. The maximum Gasteiger partial charge on any atom is 0.269 e. The average molecular weight is 265 g/mol. The maximum absolute atomic E-state index is 12.2. The van der Waals surface area contributed by atoms with E-state index in [0.717, 1.165) is 4.31 Å². The quantitative estimate of drug-likeness (QED) is 0.880. The second-order valence-electron chi connectivity index (χ2n) is 3.55. The summed E-state index contributed by atoms with van der Waals surface area (Å²) < 4.78 is 25.5. The first-order valence-corrected chi connectivity index (χ1v) is 6.54. The number of sulfonamides is 1. The first-order valence-electron chi connectivity index (χ1n) is 5.10. The Hall–Kier alpha value is -2.15. The highest BCUT2D eigenvalue weighted by atomic mass is 32.2. The van der Waals surface area contributed by atoms with Crippen molar-refractivity contribution in [1.82, 2.24) is 9.97 Å². The van der Waals surface area contributed by atoms with E-state index in [4.69, 9.17) is 0 Å². The number of nitrogens with zero attached hydrogens (tertiary/aromatic N) is 2. The van der Waals surface area contributed by atoms with E-state index in [0.29, 0.717) is 5.69 Å². The molecule has 6 nitrogen and oxygen atoms in total. The predicted octanol–water partition coefficient (Wildman–Crippen LogP) is 0.595. The van der Waals surface area contributed by atoms with Crippen LogP contribution in [0.1, 0.15) is 0 Å². The normalized spacial score (nSPS) is 11.2. The summed E-state index contributed by atoms with van der Waals surface area (Å²) in [6.07, 6.45) is 4.33. The Morgan fingerprint density at radius 3 is 2.67 bits per heavy atom. The minimum absolute atomic E-state index is 0.295. The van der Waals surface area contributed by atoms with E-state index in [-0.39, 0.29) is 4.90 Å². The highest BCUT2D eigenvalue weighted by molar-refractivity contribution is 7.92. The van der Waals surface area contributed by atoms with Crippen LogP contribution in [-0.2, 0) is 10.0 Å². The Balaban J connectivity index is 2.51. The topological polar surface area (TPSA) is 83.1 Å². The number of nitrogens with one attached hydrogen (secondary N) is 1. The van der Waals surface area contributed by atoms with E-state index in [1.807, 2.05) is 0 Å². The van der Waals surface area contributed by atoms with E-state index >= 15 is 0 Å². The number of H-pyrrole nitrogens is 1. The van der Waals surface area contributed by atoms with Crippen LogP contribution in [0.25, 0.3) is 0 Å². The summed E-state index contributed by atoms with van der Waals surface area (Å²) in [4.78, 5) is 17.4. The van der Waals surface area contributed by atoms with Gasteiger partial charge in [-0.15, -0.1) is 0 Å². The van der Waals surface area contributed by atoms with Gasteiger partial charge in [0.15, 0.2) is 4.90 Å². The van der Waals surface area contributed by atoms with E-state index in [1.54, 1.807) is 18.3 Å². The van der Waals surface area contributed by atoms with Crippen LogP contribution >= 0.6 is 0 Å². The number of rotatable bonds is 3. The zero-order valence-corrected chi connectivity index (χ0v) is 10.4. The molecule has 2 aromatic rings. The van der Waals surface area contributed by atoms with Gasteiger partial charge in [-0.25, -0.2) is 8.42 Å². The molecule has 1 N–H and O–H groups in total.